The van der Waals surface area contributed by atoms with Crippen LogP contribution in [0.4, 0.5) is 4.79 Å². The van der Waals surface area contributed by atoms with Gasteiger partial charge in [-0.25, -0.2) is 5.01 Å². The number of benzene rings is 3. The average Bonchev–Trinajstić information content (AvgIpc) is 3.65. The maximum Gasteiger partial charge on any atom is 0.314 e. The van der Waals surface area contributed by atoms with Crippen molar-refractivity contribution in [2.24, 2.45) is 5.10 Å². The number of para-hydroxylation sites is 1. The lowest BCUT2D eigenvalue weighted by Crippen LogP contribution is -2.61. The largest absolute Gasteiger partial charge is 0.457 e. The van der Waals surface area contributed by atoms with Crippen LogP contribution in [0, 0.1) is 0 Å². The molecule has 0 saturated carbocycles. The van der Waals surface area contributed by atoms with Crippen LogP contribution < -0.4 is 10.1 Å². The van der Waals surface area contributed by atoms with Crippen molar-refractivity contribution in [1.29, 1.82) is 0 Å². The zero-order chi connectivity index (χ0) is 25.9. The van der Waals surface area contributed by atoms with Gasteiger partial charge < -0.3 is 9.15 Å². The smallest absolute Gasteiger partial charge is 0.314 e. The predicted molar refractivity (Wildman–Crippen MR) is 150 cm³/mol. The molecule has 1 N–H and O–H groups in total. The van der Waals surface area contributed by atoms with Crippen LogP contribution in [-0.2, 0) is 0 Å². The van der Waals surface area contributed by atoms with Gasteiger partial charge in [-0.1, -0.05) is 77.8 Å². The van der Waals surface area contributed by atoms with Crippen LogP contribution in [0.25, 0.3) is 17.4 Å². The molecule has 2 unspecified atom stereocenters. The Hall–Kier alpha value is -3.65. The molecular formula is C29H19Cl2N3O3S. The molecule has 3 aliphatic rings. The number of hydrogen-bond donors (Lipinski definition) is 1. The number of hydrazone groups is 1. The third-order valence-corrected chi connectivity index (χ3v) is 8.52. The second-order valence-electron chi connectivity index (χ2n) is 9.09. The number of carbonyl (C=O) groups is 1. The summed E-state index contributed by atoms with van der Waals surface area (Å²) in [6, 6.07) is 26.9. The van der Waals surface area contributed by atoms with E-state index in [0.717, 1.165) is 28.6 Å². The Morgan fingerprint density at radius 2 is 1.82 bits per heavy atom. The molecule has 0 aliphatic carbocycles. The number of halogens is 2. The minimum Gasteiger partial charge on any atom is -0.457 e. The van der Waals surface area contributed by atoms with Gasteiger partial charge in [0.05, 0.1) is 26.7 Å². The number of nitrogens with one attached hydrogen (secondary N) is 1. The van der Waals surface area contributed by atoms with Crippen LogP contribution in [0.2, 0.25) is 10.0 Å². The van der Waals surface area contributed by atoms with Gasteiger partial charge in [-0.15, -0.1) is 0 Å². The molecule has 7 rings (SSSR count). The Labute approximate surface area is 232 Å². The lowest BCUT2D eigenvalue weighted by atomic mass is 9.96. The lowest BCUT2D eigenvalue weighted by molar-refractivity contribution is -0.0949. The topological polar surface area (TPSA) is 67.1 Å². The van der Waals surface area contributed by atoms with E-state index in [0.29, 0.717) is 44.2 Å². The fraction of sp³-hybridized carbons (Fsp3) is 0.103. The van der Waals surface area contributed by atoms with Crippen LogP contribution in [0.1, 0.15) is 29.3 Å². The van der Waals surface area contributed by atoms with E-state index in [1.807, 2.05) is 89.9 Å². The Morgan fingerprint density at radius 3 is 2.68 bits per heavy atom. The first-order valence-corrected chi connectivity index (χ1v) is 13.6. The molecule has 1 spiro atoms. The van der Waals surface area contributed by atoms with Crippen molar-refractivity contribution in [3.05, 3.63) is 117 Å². The maximum atomic E-state index is 12.9. The summed E-state index contributed by atoms with van der Waals surface area (Å²) in [7, 11) is 0. The number of furan rings is 1. The van der Waals surface area contributed by atoms with Crippen molar-refractivity contribution in [2.45, 2.75) is 18.3 Å². The van der Waals surface area contributed by atoms with E-state index in [1.54, 1.807) is 6.07 Å². The van der Waals surface area contributed by atoms with E-state index in [9.17, 15) is 4.79 Å². The van der Waals surface area contributed by atoms with Gasteiger partial charge in [0.15, 0.2) is 0 Å². The van der Waals surface area contributed by atoms with Gasteiger partial charge in [-0.05, 0) is 53.7 Å². The molecule has 3 aliphatic heterocycles. The molecule has 6 nitrogen and oxygen atoms in total. The van der Waals surface area contributed by atoms with Crippen LogP contribution in [0.5, 0.6) is 5.75 Å². The fourth-order valence-electron chi connectivity index (χ4n) is 5.07. The number of hydrogen-bond acceptors (Lipinski definition) is 6. The molecule has 38 heavy (non-hydrogen) atoms. The summed E-state index contributed by atoms with van der Waals surface area (Å²) in [5, 5.41) is 10.6. The number of rotatable bonds is 3. The van der Waals surface area contributed by atoms with Gasteiger partial charge in [-0.3, -0.25) is 10.1 Å². The molecule has 0 radical (unpaired) electrons. The standard InChI is InChI=1S/C29H19Cl2N3O3S/c30-21-11-6-10-20(27(21)31)24-14-13-18(36-24)15-26-29(32-28(35)38-26)34-23(19-9-4-5-12-25(19)37-29)16-22(33-34)17-7-2-1-3-8-17/h1-15,23H,16H2,(H,32,35). The molecule has 4 aromatic rings. The van der Waals surface area contributed by atoms with E-state index < -0.39 is 5.85 Å². The fourth-order valence-corrected chi connectivity index (χ4v) is 6.35. The number of thioether (sulfide) groups is 1. The molecule has 0 bridgehead atoms. The summed E-state index contributed by atoms with van der Waals surface area (Å²) >= 11 is 13.7. The first-order valence-electron chi connectivity index (χ1n) is 12.0. The highest BCUT2D eigenvalue weighted by Gasteiger charge is 2.58. The molecule has 188 valence electrons. The minimum absolute atomic E-state index is 0.116. The summed E-state index contributed by atoms with van der Waals surface area (Å²) in [5.41, 5.74) is 3.67. The van der Waals surface area contributed by atoms with Crippen molar-refractivity contribution in [1.82, 2.24) is 10.3 Å². The zero-order valence-corrected chi connectivity index (χ0v) is 22.1. The van der Waals surface area contributed by atoms with Gasteiger partial charge in [0.25, 0.3) is 5.24 Å². The highest BCUT2D eigenvalue weighted by atomic mass is 35.5. The van der Waals surface area contributed by atoms with E-state index in [1.165, 1.54) is 0 Å². The maximum absolute atomic E-state index is 12.9. The summed E-state index contributed by atoms with van der Waals surface area (Å²) in [5.74, 6) is 0.509. The SMILES string of the molecule is O=C1NC2(Oc3ccccc3C3CC(c4ccccc4)=NN32)C(=Cc2ccc(-c3cccc(Cl)c3Cl)o2)S1. The van der Waals surface area contributed by atoms with Gasteiger partial charge in [0.1, 0.15) is 17.3 Å². The van der Waals surface area contributed by atoms with Crippen LogP contribution in [0.15, 0.2) is 99.4 Å². The average molecular weight is 560 g/mol. The van der Waals surface area contributed by atoms with E-state index >= 15 is 0 Å². The van der Waals surface area contributed by atoms with Crippen LogP contribution in [0.3, 0.4) is 0 Å². The molecule has 1 aromatic heterocycles. The summed E-state index contributed by atoms with van der Waals surface area (Å²) in [6.45, 7) is 0. The third-order valence-electron chi connectivity index (χ3n) is 6.80. The van der Waals surface area contributed by atoms with Crippen molar-refractivity contribution in [3.63, 3.8) is 0 Å². The van der Waals surface area contributed by atoms with E-state index in [4.69, 9.17) is 37.5 Å². The van der Waals surface area contributed by atoms with E-state index in [2.05, 4.69) is 5.32 Å². The number of ether oxygens (including phenoxy) is 1. The molecular weight excluding hydrogens is 541 g/mol. The van der Waals surface area contributed by atoms with Crippen molar-refractivity contribution < 1.29 is 13.9 Å². The van der Waals surface area contributed by atoms with Crippen LogP contribution in [-0.4, -0.2) is 21.8 Å². The van der Waals surface area contributed by atoms with E-state index in [-0.39, 0.29) is 11.3 Å². The number of fused-ring (bicyclic) bond motifs is 4. The number of carbonyl (C=O) groups excluding carboxylic acids is 1. The van der Waals surface area contributed by atoms with Gasteiger partial charge in [0.2, 0.25) is 0 Å². The Bertz CT molecular complexity index is 1650. The highest BCUT2D eigenvalue weighted by Crippen LogP contribution is 2.52. The lowest BCUT2D eigenvalue weighted by Gasteiger charge is -2.44. The molecule has 2 atom stereocenters. The van der Waals surface area contributed by atoms with Gasteiger partial charge >= 0.3 is 5.85 Å². The molecule has 1 amide bonds. The Balaban J connectivity index is 1.33. The third kappa shape index (κ3) is 3.73. The molecule has 1 fully saturated rings. The molecule has 3 aromatic carbocycles. The number of amides is 1. The normalized spacial score (nSPS) is 22.7. The first kappa shape index (κ1) is 23.5. The van der Waals surface area contributed by atoms with Gasteiger partial charge in [0, 0.05) is 17.5 Å². The first-order chi connectivity index (χ1) is 18.5. The highest BCUT2D eigenvalue weighted by molar-refractivity contribution is 8.17. The second-order valence-corrected chi connectivity index (χ2v) is 10.9. The van der Waals surface area contributed by atoms with Crippen molar-refractivity contribution >= 4 is 52.0 Å². The Morgan fingerprint density at radius 1 is 1.00 bits per heavy atom. The Kier molecular flexibility index (Phi) is 5.54. The monoisotopic (exact) mass is 559 g/mol. The minimum atomic E-state index is -1.31. The molecule has 9 heteroatoms. The quantitative estimate of drug-likeness (QED) is 0.276. The van der Waals surface area contributed by atoms with Crippen molar-refractivity contribution in [3.8, 4) is 17.1 Å². The van der Waals surface area contributed by atoms with Crippen LogP contribution >= 0.6 is 35.0 Å². The summed E-state index contributed by atoms with van der Waals surface area (Å²) in [4.78, 5) is 13.5. The second kappa shape index (κ2) is 8.98. The summed E-state index contributed by atoms with van der Waals surface area (Å²) < 4.78 is 12.7. The summed E-state index contributed by atoms with van der Waals surface area (Å²) in [6.07, 6.45) is 2.49. The molecule has 4 heterocycles. The van der Waals surface area contributed by atoms with Crippen molar-refractivity contribution in [2.75, 3.05) is 0 Å². The number of nitrogens with zero attached hydrogens (tertiary/aromatic N) is 2. The zero-order valence-electron chi connectivity index (χ0n) is 19.7. The van der Waals surface area contributed by atoms with Gasteiger partial charge in [-0.2, -0.15) is 5.10 Å². The predicted octanol–water partition coefficient (Wildman–Crippen LogP) is 7.95. The molecule has 1 saturated heterocycles.